The number of sulfonamides is 1. The van der Waals surface area contributed by atoms with E-state index in [4.69, 9.17) is 0 Å². The number of carbonyl (C=O) groups excluding carboxylic acids is 1. The van der Waals surface area contributed by atoms with Crippen molar-refractivity contribution in [1.29, 1.82) is 0 Å². The third kappa shape index (κ3) is 6.35. The number of hydrogen-bond donors (Lipinski definition) is 1. The molecule has 5 nitrogen and oxygen atoms in total. The van der Waals surface area contributed by atoms with Crippen molar-refractivity contribution in [1.82, 2.24) is 5.32 Å². The van der Waals surface area contributed by atoms with E-state index >= 15 is 0 Å². The molecule has 0 bridgehead atoms. The Morgan fingerprint density at radius 1 is 1.03 bits per heavy atom. The maximum absolute atomic E-state index is 12.6. The average Bonchev–Trinajstić information content (AvgIpc) is 2.79. The topological polar surface area (TPSA) is 66.5 Å². The summed E-state index contributed by atoms with van der Waals surface area (Å²) >= 11 is 0. The summed E-state index contributed by atoms with van der Waals surface area (Å²) in [7, 11) is -3.41. The van der Waals surface area contributed by atoms with Gasteiger partial charge in [-0.15, -0.1) is 0 Å². The van der Waals surface area contributed by atoms with Crippen LogP contribution in [0.25, 0.3) is 0 Å². The van der Waals surface area contributed by atoms with Gasteiger partial charge in [-0.2, -0.15) is 0 Å². The molecule has 0 aliphatic heterocycles. The first-order valence-electron chi connectivity index (χ1n) is 11.8. The summed E-state index contributed by atoms with van der Waals surface area (Å²) in [5, 5.41) is 3.15. The zero-order valence-electron chi connectivity index (χ0n) is 19.6. The number of nitrogens with one attached hydrogen (secondary N) is 1. The summed E-state index contributed by atoms with van der Waals surface area (Å²) in [5.41, 5.74) is 5.82. The predicted molar refractivity (Wildman–Crippen MR) is 132 cm³/mol. The van der Waals surface area contributed by atoms with Gasteiger partial charge in [0.2, 0.25) is 15.9 Å². The Hall–Kier alpha value is -2.34. The molecule has 6 heteroatoms. The molecule has 1 aliphatic carbocycles. The summed E-state index contributed by atoms with van der Waals surface area (Å²) in [6.07, 6.45) is 8.46. The SMILES string of the molecule is CCc1ccc(N(CCCC(=O)N[C@H](CC)c2ccc3c(c2)CCCC3)S(C)(=O)=O)cc1. The van der Waals surface area contributed by atoms with Gasteiger partial charge in [0.1, 0.15) is 0 Å². The smallest absolute Gasteiger partial charge is 0.232 e. The normalized spacial score (nSPS) is 14.5. The molecule has 0 aromatic heterocycles. The molecule has 0 radical (unpaired) electrons. The molecule has 3 rings (SSSR count). The highest BCUT2D eigenvalue weighted by Crippen LogP contribution is 2.26. The van der Waals surface area contributed by atoms with E-state index < -0.39 is 10.0 Å². The third-order valence-corrected chi connectivity index (χ3v) is 7.51. The van der Waals surface area contributed by atoms with Gasteiger partial charge in [-0.1, -0.05) is 44.2 Å². The van der Waals surface area contributed by atoms with Crippen LogP contribution in [-0.2, 0) is 34.1 Å². The van der Waals surface area contributed by atoms with Crippen molar-refractivity contribution in [3.05, 3.63) is 64.7 Å². The summed E-state index contributed by atoms with van der Waals surface area (Å²) in [5.74, 6) is -0.0376. The molecule has 1 aliphatic rings. The van der Waals surface area contributed by atoms with Gasteiger partial charge in [0.05, 0.1) is 18.0 Å². The van der Waals surface area contributed by atoms with Crippen molar-refractivity contribution < 1.29 is 13.2 Å². The van der Waals surface area contributed by atoms with E-state index in [1.54, 1.807) is 0 Å². The second-order valence-electron chi connectivity index (χ2n) is 8.72. The van der Waals surface area contributed by atoms with Crippen molar-refractivity contribution in [3.8, 4) is 0 Å². The van der Waals surface area contributed by atoms with Gasteiger partial charge in [0, 0.05) is 13.0 Å². The van der Waals surface area contributed by atoms with Gasteiger partial charge in [-0.05, 0) is 79.3 Å². The van der Waals surface area contributed by atoms with Crippen LogP contribution in [0.2, 0.25) is 0 Å². The largest absolute Gasteiger partial charge is 0.349 e. The molecule has 0 spiro atoms. The van der Waals surface area contributed by atoms with E-state index in [0.29, 0.717) is 18.5 Å². The predicted octanol–water partition coefficient (Wildman–Crippen LogP) is 4.94. The number of nitrogens with zero attached hydrogens (tertiary/aromatic N) is 1. The standard InChI is InChI=1S/C26H36N2O3S/c1-4-20-12-16-24(17-13-20)28(32(3,30)31)18-8-11-26(29)27-25(5-2)23-15-14-21-9-6-7-10-22(21)19-23/h12-17,19,25H,4-11,18H2,1-3H3,(H,27,29)/t25-/m1/s1. The van der Waals surface area contributed by atoms with Crippen LogP contribution < -0.4 is 9.62 Å². The van der Waals surface area contributed by atoms with Gasteiger partial charge in [0.15, 0.2) is 0 Å². The van der Waals surface area contributed by atoms with Crippen LogP contribution in [0.3, 0.4) is 0 Å². The number of anilines is 1. The van der Waals surface area contributed by atoms with Gasteiger partial charge >= 0.3 is 0 Å². The number of amides is 1. The fraction of sp³-hybridized carbons (Fsp3) is 0.500. The Morgan fingerprint density at radius 3 is 2.34 bits per heavy atom. The minimum Gasteiger partial charge on any atom is -0.349 e. The van der Waals surface area contributed by atoms with E-state index in [1.807, 2.05) is 24.3 Å². The lowest BCUT2D eigenvalue weighted by molar-refractivity contribution is -0.121. The summed E-state index contributed by atoms with van der Waals surface area (Å²) < 4.78 is 26.0. The minimum atomic E-state index is -3.41. The van der Waals surface area contributed by atoms with Gasteiger partial charge < -0.3 is 5.32 Å². The summed E-state index contributed by atoms with van der Waals surface area (Å²) in [6.45, 7) is 4.43. The van der Waals surface area contributed by atoms with Crippen LogP contribution in [0, 0.1) is 0 Å². The Labute approximate surface area is 193 Å². The second kappa shape index (κ2) is 11.0. The average molecular weight is 457 g/mol. The molecule has 0 heterocycles. The van der Waals surface area contributed by atoms with Gasteiger partial charge in [-0.25, -0.2) is 8.42 Å². The van der Waals surface area contributed by atoms with Crippen LogP contribution in [0.15, 0.2) is 42.5 Å². The van der Waals surface area contributed by atoms with Gasteiger partial charge in [0.25, 0.3) is 0 Å². The number of hydrogen-bond acceptors (Lipinski definition) is 3. The quantitative estimate of drug-likeness (QED) is 0.551. The Kier molecular flexibility index (Phi) is 8.35. The lowest BCUT2D eigenvalue weighted by Gasteiger charge is -2.23. The van der Waals surface area contributed by atoms with E-state index in [9.17, 15) is 13.2 Å². The fourth-order valence-corrected chi connectivity index (χ4v) is 5.39. The molecule has 0 saturated carbocycles. The van der Waals surface area contributed by atoms with E-state index in [0.717, 1.165) is 36.8 Å². The molecule has 32 heavy (non-hydrogen) atoms. The number of carbonyl (C=O) groups is 1. The molecule has 2 aromatic rings. The number of benzene rings is 2. The highest BCUT2D eigenvalue weighted by Gasteiger charge is 2.19. The van der Waals surface area contributed by atoms with E-state index in [-0.39, 0.29) is 18.5 Å². The van der Waals surface area contributed by atoms with Crippen LogP contribution in [-0.4, -0.2) is 27.1 Å². The maximum atomic E-state index is 12.6. The van der Waals surface area contributed by atoms with Crippen molar-refractivity contribution in [2.45, 2.75) is 71.3 Å². The van der Waals surface area contributed by atoms with Crippen LogP contribution >= 0.6 is 0 Å². The first-order valence-corrected chi connectivity index (χ1v) is 13.6. The molecule has 1 atom stereocenters. The van der Waals surface area contributed by atoms with Crippen molar-refractivity contribution in [3.63, 3.8) is 0 Å². The molecule has 0 unspecified atom stereocenters. The van der Waals surface area contributed by atoms with Crippen LogP contribution in [0.5, 0.6) is 0 Å². The Morgan fingerprint density at radius 2 is 1.72 bits per heavy atom. The lowest BCUT2D eigenvalue weighted by atomic mass is 9.89. The zero-order chi connectivity index (χ0) is 23.1. The first-order chi connectivity index (χ1) is 15.3. The monoisotopic (exact) mass is 456 g/mol. The Bertz CT molecular complexity index is 1020. The molecule has 2 aromatic carbocycles. The van der Waals surface area contributed by atoms with E-state index in [1.165, 1.54) is 34.5 Å². The first kappa shape index (κ1) is 24.3. The van der Waals surface area contributed by atoms with Gasteiger partial charge in [-0.3, -0.25) is 9.10 Å². The van der Waals surface area contributed by atoms with Crippen molar-refractivity contribution in [2.75, 3.05) is 17.1 Å². The summed E-state index contributed by atoms with van der Waals surface area (Å²) in [4.78, 5) is 12.6. The third-order valence-electron chi connectivity index (χ3n) is 6.32. The molecule has 1 N–H and O–H groups in total. The molecular weight excluding hydrogens is 420 g/mol. The van der Waals surface area contributed by atoms with Crippen LogP contribution in [0.4, 0.5) is 5.69 Å². The highest BCUT2D eigenvalue weighted by molar-refractivity contribution is 7.92. The minimum absolute atomic E-state index is 0.0117. The lowest BCUT2D eigenvalue weighted by Crippen LogP contribution is -2.33. The fourth-order valence-electron chi connectivity index (χ4n) is 4.43. The second-order valence-corrected chi connectivity index (χ2v) is 10.6. The molecule has 0 saturated heterocycles. The molecule has 1 amide bonds. The van der Waals surface area contributed by atoms with Crippen LogP contribution in [0.1, 0.15) is 74.2 Å². The van der Waals surface area contributed by atoms with E-state index in [2.05, 4.69) is 37.4 Å². The Balaban J connectivity index is 1.58. The highest BCUT2D eigenvalue weighted by atomic mass is 32.2. The number of fused-ring (bicyclic) bond motifs is 1. The number of rotatable bonds is 10. The van der Waals surface area contributed by atoms with Crippen molar-refractivity contribution >= 4 is 21.6 Å². The zero-order valence-corrected chi connectivity index (χ0v) is 20.4. The van der Waals surface area contributed by atoms with Crippen molar-refractivity contribution in [2.24, 2.45) is 0 Å². The number of aryl methyl sites for hydroxylation is 3. The molecular formula is C26H36N2O3S. The summed E-state index contributed by atoms with van der Waals surface area (Å²) in [6, 6.07) is 14.2. The molecule has 174 valence electrons. The maximum Gasteiger partial charge on any atom is 0.232 e. The molecule has 0 fully saturated rings.